The van der Waals surface area contributed by atoms with E-state index >= 15 is 0 Å². The van der Waals surface area contributed by atoms with Crippen molar-refractivity contribution in [2.75, 3.05) is 37.7 Å². The lowest BCUT2D eigenvalue weighted by Crippen LogP contribution is -2.49. The molecule has 1 aromatic rings. The van der Waals surface area contributed by atoms with Gasteiger partial charge in [0, 0.05) is 13.2 Å². The Morgan fingerprint density at radius 3 is 2.26 bits per heavy atom. The molecule has 0 aliphatic rings. The Morgan fingerprint density at radius 2 is 1.79 bits per heavy atom. The number of aromatic nitrogens is 2. The standard InChI is InChI=1S/C10H19N5O4/c1-19-3-9-12-7(2-8(13-9)15-11)14-10(4-16,5-17)6-18/h2,16-18H,3-6,11H2,1H3,(H2,12,13,14,15). The van der Waals surface area contributed by atoms with Gasteiger partial charge in [0.15, 0.2) is 5.82 Å². The van der Waals surface area contributed by atoms with Gasteiger partial charge in [0.25, 0.3) is 0 Å². The highest BCUT2D eigenvalue weighted by Gasteiger charge is 2.28. The van der Waals surface area contributed by atoms with Crippen LogP contribution in [0.3, 0.4) is 0 Å². The zero-order valence-electron chi connectivity index (χ0n) is 10.6. The topological polar surface area (TPSA) is 146 Å². The fraction of sp³-hybridized carbons (Fsp3) is 0.600. The molecule has 9 nitrogen and oxygen atoms in total. The number of aliphatic hydroxyl groups excluding tert-OH is 3. The summed E-state index contributed by atoms with van der Waals surface area (Å²) in [4.78, 5) is 8.17. The van der Waals surface area contributed by atoms with Crippen LogP contribution in [0.1, 0.15) is 5.82 Å². The van der Waals surface area contributed by atoms with Crippen molar-refractivity contribution in [3.8, 4) is 0 Å². The van der Waals surface area contributed by atoms with Crippen LogP contribution in [-0.2, 0) is 11.3 Å². The number of methoxy groups -OCH3 is 1. The van der Waals surface area contributed by atoms with Gasteiger partial charge in [-0.2, -0.15) is 0 Å². The first-order chi connectivity index (χ1) is 9.12. The number of rotatable bonds is 8. The van der Waals surface area contributed by atoms with Crippen LogP contribution < -0.4 is 16.6 Å². The van der Waals surface area contributed by atoms with Crippen molar-refractivity contribution in [3.05, 3.63) is 11.9 Å². The average molecular weight is 273 g/mol. The van der Waals surface area contributed by atoms with E-state index in [9.17, 15) is 15.3 Å². The summed E-state index contributed by atoms with van der Waals surface area (Å²) in [7, 11) is 1.50. The van der Waals surface area contributed by atoms with E-state index in [-0.39, 0.29) is 6.61 Å². The van der Waals surface area contributed by atoms with E-state index in [0.717, 1.165) is 0 Å². The zero-order valence-corrected chi connectivity index (χ0v) is 10.6. The van der Waals surface area contributed by atoms with Crippen LogP contribution in [0.15, 0.2) is 6.07 Å². The molecule has 1 aromatic heterocycles. The van der Waals surface area contributed by atoms with Crippen molar-refractivity contribution in [3.63, 3.8) is 0 Å². The number of hydrogen-bond donors (Lipinski definition) is 6. The monoisotopic (exact) mass is 273 g/mol. The number of nitrogen functional groups attached to an aromatic ring is 1. The number of hydrazine groups is 1. The van der Waals surface area contributed by atoms with Gasteiger partial charge in [-0.1, -0.05) is 0 Å². The Bertz CT molecular complexity index is 391. The third-order valence-electron chi connectivity index (χ3n) is 2.50. The van der Waals surface area contributed by atoms with E-state index in [1.54, 1.807) is 0 Å². The van der Waals surface area contributed by atoms with Crippen LogP contribution in [0.4, 0.5) is 11.6 Å². The van der Waals surface area contributed by atoms with Crippen LogP contribution in [0.2, 0.25) is 0 Å². The lowest BCUT2D eigenvalue weighted by atomic mass is 10.0. The second-order valence-electron chi connectivity index (χ2n) is 4.01. The lowest BCUT2D eigenvalue weighted by molar-refractivity contribution is 0.0830. The molecule has 1 heterocycles. The molecule has 0 aliphatic carbocycles. The molecule has 0 amide bonds. The number of nitrogens with one attached hydrogen (secondary N) is 2. The van der Waals surface area contributed by atoms with Crippen molar-refractivity contribution < 1.29 is 20.1 Å². The molecule has 0 atom stereocenters. The molecule has 0 fully saturated rings. The van der Waals surface area contributed by atoms with E-state index < -0.39 is 25.4 Å². The maximum atomic E-state index is 9.25. The maximum Gasteiger partial charge on any atom is 0.158 e. The molecule has 0 radical (unpaired) electrons. The molecule has 7 N–H and O–H groups in total. The van der Waals surface area contributed by atoms with Crippen molar-refractivity contribution in [2.45, 2.75) is 12.1 Å². The Labute approximate surface area is 110 Å². The number of nitrogens with zero attached hydrogens (tertiary/aromatic N) is 2. The van der Waals surface area contributed by atoms with Gasteiger partial charge in [-0.15, -0.1) is 0 Å². The molecule has 19 heavy (non-hydrogen) atoms. The van der Waals surface area contributed by atoms with Crippen LogP contribution in [0.5, 0.6) is 0 Å². The van der Waals surface area contributed by atoms with E-state index in [0.29, 0.717) is 17.5 Å². The molecule has 108 valence electrons. The van der Waals surface area contributed by atoms with E-state index in [2.05, 4.69) is 20.7 Å². The number of aliphatic hydroxyl groups is 3. The highest BCUT2D eigenvalue weighted by Crippen LogP contribution is 2.16. The van der Waals surface area contributed by atoms with E-state index in [1.807, 2.05) is 0 Å². The molecular formula is C10H19N5O4. The first-order valence-electron chi connectivity index (χ1n) is 5.57. The van der Waals surface area contributed by atoms with Crippen LogP contribution in [0.25, 0.3) is 0 Å². The summed E-state index contributed by atoms with van der Waals surface area (Å²) < 4.78 is 4.92. The van der Waals surface area contributed by atoms with Gasteiger partial charge >= 0.3 is 0 Å². The second-order valence-corrected chi connectivity index (χ2v) is 4.01. The Morgan fingerprint density at radius 1 is 1.21 bits per heavy atom. The summed E-state index contributed by atoms with van der Waals surface area (Å²) in [5, 5.41) is 30.5. The maximum absolute atomic E-state index is 9.25. The minimum Gasteiger partial charge on any atom is -0.394 e. The first kappa shape index (κ1) is 15.5. The van der Waals surface area contributed by atoms with Gasteiger partial charge in [-0.3, -0.25) is 0 Å². The quantitative estimate of drug-likeness (QED) is 0.235. The molecular weight excluding hydrogens is 254 g/mol. The summed E-state index contributed by atoms with van der Waals surface area (Å²) in [5.41, 5.74) is 1.10. The largest absolute Gasteiger partial charge is 0.394 e. The third kappa shape index (κ3) is 3.98. The van der Waals surface area contributed by atoms with Gasteiger partial charge in [0.1, 0.15) is 23.8 Å². The Kier molecular flexibility index (Phi) is 5.86. The number of ether oxygens (including phenoxy) is 1. The summed E-state index contributed by atoms with van der Waals surface area (Å²) in [6, 6.07) is 1.48. The van der Waals surface area contributed by atoms with Crippen LogP contribution in [0, 0.1) is 0 Å². The van der Waals surface area contributed by atoms with Crippen LogP contribution in [-0.4, -0.2) is 57.8 Å². The molecule has 0 aromatic carbocycles. The lowest BCUT2D eigenvalue weighted by Gasteiger charge is -2.29. The minimum absolute atomic E-state index is 0.175. The highest BCUT2D eigenvalue weighted by atomic mass is 16.5. The zero-order chi connectivity index (χ0) is 14.3. The van der Waals surface area contributed by atoms with Crippen molar-refractivity contribution in [1.82, 2.24) is 9.97 Å². The molecule has 0 unspecified atom stereocenters. The smallest absolute Gasteiger partial charge is 0.158 e. The fourth-order valence-corrected chi connectivity index (χ4v) is 1.37. The van der Waals surface area contributed by atoms with Crippen LogP contribution >= 0.6 is 0 Å². The second kappa shape index (κ2) is 7.16. The number of nitrogens with two attached hydrogens (primary N) is 1. The van der Waals surface area contributed by atoms with Crippen molar-refractivity contribution in [1.29, 1.82) is 0 Å². The van der Waals surface area contributed by atoms with Crippen molar-refractivity contribution in [2.24, 2.45) is 5.84 Å². The van der Waals surface area contributed by atoms with Gasteiger partial charge in [0.05, 0.1) is 19.8 Å². The number of anilines is 2. The molecule has 0 bridgehead atoms. The molecule has 0 spiro atoms. The minimum atomic E-state index is -1.27. The molecule has 1 rings (SSSR count). The Balaban J connectivity index is 3.01. The summed E-state index contributed by atoms with van der Waals surface area (Å²) in [6.45, 7) is -1.21. The normalized spacial score (nSPS) is 11.4. The van der Waals surface area contributed by atoms with E-state index in [4.69, 9.17) is 10.6 Å². The third-order valence-corrected chi connectivity index (χ3v) is 2.50. The van der Waals surface area contributed by atoms with E-state index in [1.165, 1.54) is 13.2 Å². The fourth-order valence-electron chi connectivity index (χ4n) is 1.37. The summed E-state index contributed by atoms with van der Waals surface area (Å²) in [5.74, 6) is 6.29. The van der Waals surface area contributed by atoms with Gasteiger partial charge in [-0.25, -0.2) is 15.8 Å². The predicted molar refractivity (Wildman–Crippen MR) is 68.2 cm³/mol. The van der Waals surface area contributed by atoms with Gasteiger partial charge < -0.3 is 30.8 Å². The first-order valence-corrected chi connectivity index (χ1v) is 5.57. The number of hydrogen-bond acceptors (Lipinski definition) is 9. The van der Waals surface area contributed by atoms with Crippen molar-refractivity contribution >= 4 is 11.6 Å². The van der Waals surface area contributed by atoms with Gasteiger partial charge in [-0.05, 0) is 0 Å². The Hall–Kier alpha value is -1.52. The highest BCUT2D eigenvalue weighted by molar-refractivity contribution is 5.48. The average Bonchev–Trinajstić information content (AvgIpc) is 2.45. The molecule has 0 aliphatic heterocycles. The summed E-state index contributed by atoms with van der Waals surface area (Å²) >= 11 is 0. The van der Waals surface area contributed by atoms with Gasteiger partial charge in [0.2, 0.25) is 0 Å². The predicted octanol–water partition coefficient (Wildman–Crippen LogP) is -1.96. The SMILES string of the molecule is COCc1nc(NN)cc(NC(CO)(CO)CO)n1. The summed E-state index contributed by atoms with van der Waals surface area (Å²) in [6.07, 6.45) is 0. The molecule has 9 heteroatoms. The molecule has 0 saturated heterocycles. The molecule has 0 saturated carbocycles.